The van der Waals surface area contributed by atoms with E-state index in [-0.39, 0.29) is 0 Å². The Bertz CT molecular complexity index is 1060. The molecule has 4 aromatic carbocycles. The van der Waals surface area contributed by atoms with Gasteiger partial charge in [-0.25, -0.2) is 4.79 Å². The average molecular weight is 423 g/mol. The third-order valence-corrected chi connectivity index (χ3v) is 9.79. The van der Waals surface area contributed by atoms with Crippen LogP contribution in [0.3, 0.4) is 0 Å². The minimum Gasteiger partial charge on any atom is -0.478 e. The standard InChI is InChI=1S/C28H23O2P/c29-28(30)21-20-23-16-18-24(19-17-23)22-31(25-10-4-1-5-11-25,26-12-6-2-7-13-26)27-14-8-3-9-15-27/h1-21H,22H2/p+1/b21-20+. The lowest BCUT2D eigenvalue weighted by Gasteiger charge is -2.27. The van der Waals surface area contributed by atoms with Crippen molar-refractivity contribution >= 4 is 35.2 Å². The molecule has 0 aliphatic rings. The second kappa shape index (κ2) is 9.55. The van der Waals surface area contributed by atoms with E-state index in [1.165, 1.54) is 27.6 Å². The number of benzene rings is 4. The van der Waals surface area contributed by atoms with E-state index in [1.807, 2.05) is 12.1 Å². The monoisotopic (exact) mass is 423 g/mol. The second-order valence-electron chi connectivity index (χ2n) is 7.39. The molecule has 0 aliphatic heterocycles. The largest absolute Gasteiger partial charge is 0.478 e. The maximum atomic E-state index is 10.8. The van der Waals surface area contributed by atoms with Crippen LogP contribution in [0, 0.1) is 0 Å². The van der Waals surface area contributed by atoms with Crippen LogP contribution in [0.1, 0.15) is 11.1 Å². The van der Waals surface area contributed by atoms with Gasteiger partial charge in [0.05, 0.1) is 6.16 Å². The zero-order chi connectivity index (χ0) is 21.5. The third kappa shape index (κ3) is 4.66. The molecule has 0 spiro atoms. The highest BCUT2D eigenvalue weighted by atomic mass is 31.2. The van der Waals surface area contributed by atoms with Crippen LogP contribution in [-0.4, -0.2) is 11.1 Å². The van der Waals surface area contributed by atoms with Gasteiger partial charge in [-0.1, -0.05) is 78.9 Å². The number of aliphatic carboxylic acids is 1. The molecule has 4 rings (SSSR count). The molecule has 0 heterocycles. The minimum atomic E-state index is -1.93. The van der Waals surface area contributed by atoms with Gasteiger partial charge in [-0.05, 0) is 53.6 Å². The van der Waals surface area contributed by atoms with Crippen LogP contribution in [-0.2, 0) is 11.0 Å². The highest BCUT2D eigenvalue weighted by Gasteiger charge is 2.45. The van der Waals surface area contributed by atoms with E-state index in [2.05, 4.69) is 103 Å². The van der Waals surface area contributed by atoms with Crippen molar-refractivity contribution in [3.05, 3.63) is 132 Å². The molecule has 0 bridgehead atoms. The molecule has 0 saturated heterocycles. The lowest BCUT2D eigenvalue weighted by molar-refractivity contribution is -0.131. The third-order valence-electron chi connectivity index (χ3n) is 5.41. The molecule has 0 saturated carbocycles. The first-order valence-corrected chi connectivity index (χ1v) is 12.2. The predicted octanol–water partition coefficient (Wildman–Crippen LogP) is 5.28. The number of rotatable bonds is 7. The number of hydrogen-bond acceptors (Lipinski definition) is 1. The summed E-state index contributed by atoms with van der Waals surface area (Å²) in [6.07, 6.45) is 3.69. The smallest absolute Gasteiger partial charge is 0.328 e. The van der Waals surface area contributed by atoms with E-state index in [0.717, 1.165) is 11.7 Å². The Morgan fingerprint density at radius 3 is 1.45 bits per heavy atom. The van der Waals surface area contributed by atoms with Gasteiger partial charge in [-0.15, -0.1) is 0 Å². The highest BCUT2D eigenvalue weighted by molar-refractivity contribution is 7.95. The van der Waals surface area contributed by atoms with Crippen LogP contribution in [0.15, 0.2) is 121 Å². The van der Waals surface area contributed by atoms with Gasteiger partial charge in [0.15, 0.2) is 0 Å². The average Bonchev–Trinajstić information content (AvgIpc) is 2.83. The Morgan fingerprint density at radius 1 is 0.645 bits per heavy atom. The van der Waals surface area contributed by atoms with Gasteiger partial charge < -0.3 is 5.11 Å². The summed E-state index contributed by atoms with van der Waals surface area (Å²) in [5, 5.41) is 12.9. The second-order valence-corrected chi connectivity index (χ2v) is 10.9. The Hall–Kier alpha value is -3.48. The zero-order valence-corrected chi connectivity index (χ0v) is 18.0. The van der Waals surface area contributed by atoms with E-state index < -0.39 is 13.2 Å². The molecular formula is C28H24O2P+. The summed E-state index contributed by atoms with van der Waals surface area (Å²) in [6.45, 7) is 0. The summed E-state index contributed by atoms with van der Waals surface area (Å²) < 4.78 is 0. The van der Waals surface area contributed by atoms with Crippen molar-refractivity contribution < 1.29 is 9.90 Å². The number of hydrogen-bond donors (Lipinski definition) is 1. The molecule has 0 unspecified atom stereocenters. The summed E-state index contributed by atoms with van der Waals surface area (Å²) in [4.78, 5) is 10.8. The Kier molecular flexibility index (Phi) is 6.40. The van der Waals surface area contributed by atoms with Gasteiger partial charge in [0, 0.05) is 6.08 Å². The summed E-state index contributed by atoms with van der Waals surface area (Å²) >= 11 is 0. The first kappa shape index (κ1) is 20.8. The highest BCUT2D eigenvalue weighted by Crippen LogP contribution is 2.58. The van der Waals surface area contributed by atoms with E-state index in [4.69, 9.17) is 5.11 Å². The number of carboxylic acids is 1. The maximum Gasteiger partial charge on any atom is 0.328 e. The van der Waals surface area contributed by atoms with Crippen molar-refractivity contribution in [3.63, 3.8) is 0 Å². The molecule has 0 radical (unpaired) electrons. The van der Waals surface area contributed by atoms with Crippen molar-refractivity contribution in [1.29, 1.82) is 0 Å². The van der Waals surface area contributed by atoms with E-state index in [0.29, 0.717) is 0 Å². The van der Waals surface area contributed by atoms with Gasteiger partial charge in [-0.2, -0.15) is 0 Å². The van der Waals surface area contributed by atoms with Crippen molar-refractivity contribution in [3.8, 4) is 0 Å². The zero-order valence-electron chi connectivity index (χ0n) is 17.1. The molecule has 2 nitrogen and oxygen atoms in total. The van der Waals surface area contributed by atoms with Crippen LogP contribution >= 0.6 is 7.26 Å². The first-order chi connectivity index (χ1) is 15.2. The van der Waals surface area contributed by atoms with Gasteiger partial charge in [0.2, 0.25) is 0 Å². The van der Waals surface area contributed by atoms with Crippen molar-refractivity contribution in [2.75, 3.05) is 0 Å². The van der Waals surface area contributed by atoms with E-state index in [1.54, 1.807) is 6.08 Å². The molecule has 1 N–H and O–H groups in total. The van der Waals surface area contributed by atoms with Crippen molar-refractivity contribution in [2.24, 2.45) is 0 Å². The van der Waals surface area contributed by atoms with Crippen LogP contribution in [0.4, 0.5) is 0 Å². The minimum absolute atomic E-state index is 0.884. The van der Waals surface area contributed by atoms with Crippen LogP contribution in [0.5, 0.6) is 0 Å². The first-order valence-electron chi connectivity index (χ1n) is 10.2. The van der Waals surface area contributed by atoms with Gasteiger partial charge in [0.1, 0.15) is 23.2 Å². The molecular weight excluding hydrogens is 399 g/mol. The lowest BCUT2D eigenvalue weighted by atomic mass is 10.1. The molecule has 3 heteroatoms. The van der Waals surface area contributed by atoms with Gasteiger partial charge >= 0.3 is 5.97 Å². The van der Waals surface area contributed by atoms with Crippen LogP contribution in [0.2, 0.25) is 0 Å². The Labute approximate surface area is 183 Å². The Balaban J connectivity index is 1.85. The van der Waals surface area contributed by atoms with Gasteiger partial charge in [-0.3, -0.25) is 0 Å². The topological polar surface area (TPSA) is 37.3 Å². The summed E-state index contributed by atoms with van der Waals surface area (Å²) in [5.74, 6) is -0.939. The van der Waals surface area contributed by atoms with E-state index >= 15 is 0 Å². The van der Waals surface area contributed by atoms with Crippen LogP contribution in [0.25, 0.3) is 6.08 Å². The molecule has 0 aliphatic carbocycles. The fourth-order valence-corrected chi connectivity index (χ4v) is 8.19. The van der Waals surface area contributed by atoms with Crippen molar-refractivity contribution in [2.45, 2.75) is 6.16 Å². The normalized spacial score (nSPS) is 11.5. The summed E-state index contributed by atoms with van der Waals surface area (Å²) in [6, 6.07) is 40.6. The Morgan fingerprint density at radius 2 is 1.06 bits per heavy atom. The summed E-state index contributed by atoms with van der Waals surface area (Å²) in [5.41, 5.74) is 2.12. The SMILES string of the molecule is O=C(O)/C=C/c1ccc(C[P+](c2ccccc2)(c2ccccc2)c2ccccc2)cc1. The molecule has 4 aromatic rings. The predicted molar refractivity (Wildman–Crippen MR) is 132 cm³/mol. The summed E-state index contributed by atoms with van der Waals surface area (Å²) in [7, 11) is -1.93. The lowest BCUT2D eigenvalue weighted by Crippen LogP contribution is -2.32. The number of carboxylic acid groups (broad SMARTS) is 1. The fraction of sp³-hybridized carbons (Fsp3) is 0.0357. The molecule has 152 valence electrons. The molecule has 0 fully saturated rings. The van der Waals surface area contributed by atoms with Crippen LogP contribution < -0.4 is 15.9 Å². The van der Waals surface area contributed by atoms with Crippen molar-refractivity contribution in [1.82, 2.24) is 0 Å². The van der Waals surface area contributed by atoms with E-state index in [9.17, 15) is 4.79 Å². The fourth-order valence-electron chi connectivity index (χ4n) is 3.94. The molecule has 31 heavy (non-hydrogen) atoms. The number of carbonyl (C=O) groups is 1. The molecule has 0 atom stereocenters. The maximum absolute atomic E-state index is 10.8. The molecule has 0 aromatic heterocycles. The molecule has 0 amide bonds. The quantitative estimate of drug-likeness (QED) is 0.324. The van der Waals surface area contributed by atoms with Gasteiger partial charge in [0.25, 0.3) is 0 Å².